The summed E-state index contributed by atoms with van der Waals surface area (Å²) in [5.74, 6) is 0.110. The first kappa shape index (κ1) is 15.5. The monoisotopic (exact) mass is 289 g/mol. The topological polar surface area (TPSA) is 55.4 Å². The Labute approximate surface area is 125 Å². The van der Waals surface area contributed by atoms with Gasteiger partial charge in [-0.15, -0.1) is 0 Å². The molecule has 0 bridgehead atoms. The molecule has 1 aliphatic rings. The highest BCUT2D eigenvalue weighted by molar-refractivity contribution is 5.91. The zero-order valence-corrected chi connectivity index (χ0v) is 12.6. The van der Waals surface area contributed by atoms with Crippen LogP contribution in [0.4, 0.5) is 4.79 Å². The number of carbonyl (C=O) groups excluding carboxylic acids is 2. The molecule has 1 aromatic carbocycles. The van der Waals surface area contributed by atoms with Crippen molar-refractivity contribution < 1.29 is 14.3 Å². The van der Waals surface area contributed by atoms with Crippen LogP contribution in [-0.2, 0) is 16.1 Å². The molecule has 1 amide bonds. The summed E-state index contributed by atoms with van der Waals surface area (Å²) in [5, 5.41) is 2.84. The van der Waals surface area contributed by atoms with Gasteiger partial charge in [-0.3, -0.25) is 4.79 Å². The van der Waals surface area contributed by atoms with Gasteiger partial charge in [0.2, 0.25) is 0 Å². The fourth-order valence-electron chi connectivity index (χ4n) is 2.92. The zero-order chi connectivity index (χ0) is 15.1. The van der Waals surface area contributed by atoms with Crippen LogP contribution in [0.3, 0.4) is 0 Å². The molecular formula is C17H23NO3. The third-order valence-corrected chi connectivity index (χ3v) is 4.12. The molecule has 1 N–H and O–H groups in total. The maximum atomic E-state index is 12.2. The van der Waals surface area contributed by atoms with E-state index in [1.807, 2.05) is 37.3 Å². The summed E-state index contributed by atoms with van der Waals surface area (Å²) in [6.07, 6.45) is 4.47. The Kier molecular flexibility index (Phi) is 5.37. The predicted molar refractivity (Wildman–Crippen MR) is 80.9 cm³/mol. The van der Waals surface area contributed by atoms with Crippen molar-refractivity contribution in [2.45, 2.75) is 57.6 Å². The van der Waals surface area contributed by atoms with Crippen molar-refractivity contribution in [3.8, 4) is 0 Å². The maximum absolute atomic E-state index is 12.2. The quantitative estimate of drug-likeness (QED) is 0.901. The molecule has 114 valence electrons. The molecule has 0 saturated heterocycles. The van der Waals surface area contributed by atoms with Crippen LogP contribution in [-0.4, -0.2) is 17.4 Å². The SMILES string of the molecule is CCC(=O)C1(NC(=O)OCc2ccccc2)CCCCC1. The van der Waals surface area contributed by atoms with Crippen LogP contribution in [0.1, 0.15) is 51.0 Å². The van der Waals surface area contributed by atoms with Gasteiger partial charge in [0, 0.05) is 6.42 Å². The molecule has 0 radical (unpaired) electrons. The van der Waals surface area contributed by atoms with Crippen LogP contribution in [0.15, 0.2) is 30.3 Å². The highest BCUT2D eigenvalue weighted by Crippen LogP contribution is 2.30. The second-order valence-corrected chi connectivity index (χ2v) is 5.61. The lowest BCUT2D eigenvalue weighted by Crippen LogP contribution is -2.55. The van der Waals surface area contributed by atoms with Gasteiger partial charge in [-0.25, -0.2) is 4.79 Å². The highest BCUT2D eigenvalue weighted by atomic mass is 16.5. The van der Waals surface area contributed by atoms with Gasteiger partial charge in [-0.1, -0.05) is 56.5 Å². The number of nitrogens with one attached hydrogen (secondary N) is 1. The van der Waals surface area contributed by atoms with Crippen LogP contribution in [0, 0.1) is 0 Å². The number of ketones is 1. The van der Waals surface area contributed by atoms with E-state index in [1.54, 1.807) is 0 Å². The van der Waals surface area contributed by atoms with Crippen LogP contribution < -0.4 is 5.32 Å². The number of rotatable bonds is 5. The molecular weight excluding hydrogens is 266 g/mol. The maximum Gasteiger partial charge on any atom is 0.408 e. The fourth-order valence-corrected chi connectivity index (χ4v) is 2.92. The second kappa shape index (κ2) is 7.25. The van der Waals surface area contributed by atoms with E-state index in [1.165, 1.54) is 0 Å². The summed E-state index contributed by atoms with van der Waals surface area (Å²) in [7, 11) is 0. The molecule has 2 rings (SSSR count). The summed E-state index contributed by atoms with van der Waals surface area (Å²) in [4.78, 5) is 24.3. The van der Waals surface area contributed by atoms with Crippen LogP contribution in [0.2, 0.25) is 0 Å². The number of amides is 1. The van der Waals surface area contributed by atoms with Crippen molar-refractivity contribution >= 4 is 11.9 Å². The first-order valence-corrected chi connectivity index (χ1v) is 7.68. The second-order valence-electron chi connectivity index (χ2n) is 5.61. The lowest BCUT2D eigenvalue weighted by atomic mass is 9.78. The molecule has 1 aliphatic carbocycles. The molecule has 0 atom stereocenters. The van der Waals surface area contributed by atoms with Crippen molar-refractivity contribution in [1.29, 1.82) is 0 Å². The van der Waals surface area contributed by atoms with E-state index in [9.17, 15) is 9.59 Å². The lowest BCUT2D eigenvalue weighted by molar-refractivity contribution is -0.126. The largest absolute Gasteiger partial charge is 0.445 e. The Balaban J connectivity index is 1.93. The smallest absolute Gasteiger partial charge is 0.408 e. The molecule has 1 saturated carbocycles. The van der Waals surface area contributed by atoms with E-state index in [0.29, 0.717) is 6.42 Å². The van der Waals surface area contributed by atoms with Crippen LogP contribution in [0.5, 0.6) is 0 Å². The number of hydrogen-bond acceptors (Lipinski definition) is 3. The lowest BCUT2D eigenvalue weighted by Gasteiger charge is -2.36. The van der Waals surface area contributed by atoms with E-state index >= 15 is 0 Å². The Morgan fingerprint density at radius 1 is 1.14 bits per heavy atom. The number of benzene rings is 1. The van der Waals surface area contributed by atoms with Gasteiger partial charge < -0.3 is 10.1 Å². The van der Waals surface area contributed by atoms with E-state index in [4.69, 9.17) is 4.74 Å². The van der Waals surface area contributed by atoms with Gasteiger partial charge in [-0.05, 0) is 18.4 Å². The number of ether oxygens (including phenoxy) is 1. The predicted octanol–water partition coefficient (Wildman–Crippen LogP) is 3.59. The van der Waals surface area contributed by atoms with Crippen molar-refractivity contribution in [1.82, 2.24) is 5.32 Å². The normalized spacial score (nSPS) is 17.0. The molecule has 0 heterocycles. The molecule has 0 aliphatic heterocycles. The number of carbonyl (C=O) groups is 2. The van der Waals surface area contributed by atoms with E-state index in [2.05, 4.69) is 5.32 Å². The summed E-state index contributed by atoms with van der Waals surface area (Å²) >= 11 is 0. The van der Waals surface area contributed by atoms with Gasteiger partial charge in [0.1, 0.15) is 12.1 Å². The fraction of sp³-hybridized carbons (Fsp3) is 0.529. The van der Waals surface area contributed by atoms with Gasteiger partial charge in [0.15, 0.2) is 5.78 Å². The highest BCUT2D eigenvalue weighted by Gasteiger charge is 2.39. The Morgan fingerprint density at radius 3 is 2.43 bits per heavy atom. The van der Waals surface area contributed by atoms with Crippen LogP contribution >= 0.6 is 0 Å². The van der Waals surface area contributed by atoms with E-state index in [-0.39, 0.29) is 12.4 Å². The van der Waals surface area contributed by atoms with Crippen molar-refractivity contribution in [3.63, 3.8) is 0 Å². The first-order chi connectivity index (χ1) is 10.2. The summed E-state index contributed by atoms with van der Waals surface area (Å²) in [5.41, 5.74) is 0.230. The molecule has 0 unspecified atom stereocenters. The van der Waals surface area contributed by atoms with Gasteiger partial charge in [-0.2, -0.15) is 0 Å². The minimum atomic E-state index is -0.708. The van der Waals surface area contributed by atoms with Crippen molar-refractivity contribution in [2.24, 2.45) is 0 Å². The Bertz CT molecular complexity index is 478. The first-order valence-electron chi connectivity index (χ1n) is 7.68. The minimum Gasteiger partial charge on any atom is -0.445 e. The van der Waals surface area contributed by atoms with Gasteiger partial charge >= 0.3 is 6.09 Å². The standard InChI is InChI=1S/C17H23NO3/c1-2-15(19)17(11-7-4-8-12-17)18-16(20)21-13-14-9-5-3-6-10-14/h3,5-6,9-10H,2,4,7-8,11-13H2,1H3,(H,18,20). The Morgan fingerprint density at radius 2 is 1.81 bits per heavy atom. The third kappa shape index (κ3) is 4.06. The zero-order valence-electron chi connectivity index (χ0n) is 12.6. The summed E-state index contributed by atoms with van der Waals surface area (Å²) in [6, 6.07) is 9.53. The number of Topliss-reactive ketones (excluding diaryl/α,β-unsaturated/α-hetero) is 1. The molecule has 0 spiro atoms. The molecule has 1 fully saturated rings. The van der Waals surface area contributed by atoms with Crippen LogP contribution in [0.25, 0.3) is 0 Å². The minimum absolute atomic E-state index is 0.110. The third-order valence-electron chi connectivity index (χ3n) is 4.12. The number of alkyl carbamates (subject to hydrolysis) is 1. The van der Waals surface area contributed by atoms with E-state index < -0.39 is 11.6 Å². The van der Waals surface area contributed by atoms with E-state index in [0.717, 1.165) is 37.7 Å². The summed E-state index contributed by atoms with van der Waals surface area (Å²) < 4.78 is 5.25. The molecule has 4 nitrogen and oxygen atoms in total. The summed E-state index contributed by atoms with van der Waals surface area (Å²) in [6.45, 7) is 2.07. The molecule has 4 heteroatoms. The number of hydrogen-bond donors (Lipinski definition) is 1. The molecule has 1 aromatic rings. The molecule has 21 heavy (non-hydrogen) atoms. The van der Waals surface area contributed by atoms with Gasteiger partial charge in [0.05, 0.1) is 0 Å². The van der Waals surface area contributed by atoms with Crippen molar-refractivity contribution in [3.05, 3.63) is 35.9 Å². The molecule has 0 aromatic heterocycles. The average Bonchev–Trinajstić information content (AvgIpc) is 2.54. The average molecular weight is 289 g/mol. The van der Waals surface area contributed by atoms with Crippen molar-refractivity contribution in [2.75, 3.05) is 0 Å². The Hall–Kier alpha value is -1.84. The van der Waals surface area contributed by atoms with Gasteiger partial charge in [0.25, 0.3) is 0 Å².